The number of amides is 2. The maximum atomic E-state index is 12.9. The van der Waals surface area contributed by atoms with Gasteiger partial charge in [-0.25, -0.2) is 8.78 Å². The van der Waals surface area contributed by atoms with Crippen molar-refractivity contribution >= 4 is 11.8 Å². The number of nitrogens with one attached hydrogen (secondary N) is 1. The number of carbonyl (C=O) groups excluding carboxylic acids is 2. The van der Waals surface area contributed by atoms with E-state index in [4.69, 9.17) is 4.74 Å². The lowest BCUT2D eigenvalue weighted by Crippen LogP contribution is -2.41. The molecule has 0 aliphatic carbocycles. The topological polar surface area (TPSA) is 99.1 Å². The van der Waals surface area contributed by atoms with Gasteiger partial charge >= 0.3 is 0 Å². The Morgan fingerprint density at radius 2 is 1.43 bits per heavy atom. The smallest absolute Gasteiger partial charge is 0.253 e. The van der Waals surface area contributed by atoms with E-state index in [9.17, 15) is 28.6 Å². The number of halogens is 2. The zero-order valence-corrected chi connectivity index (χ0v) is 24.7. The summed E-state index contributed by atoms with van der Waals surface area (Å²) in [7, 11) is 0. The van der Waals surface area contributed by atoms with Crippen molar-refractivity contribution in [2.75, 3.05) is 32.8 Å². The minimum Gasteiger partial charge on any atom is -0.388 e. The maximum absolute atomic E-state index is 12.9. The third kappa shape index (κ3) is 13.5. The van der Waals surface area contributed by atoms with Crippen molar-refractivity contribution < 1.29 is 33.3 Å². The Morgan fingerprint density at radius 3 is 1.95 bits per heavy atom. The normalized spacial score (nSPS) is 12.4. The molecular weight excluding hydrogens is 518 g/mol. The molecule has 0 fully saturated rings. The molecule has 7 nitrogen and oxygen atoms in total. The first-order valence-electron chi connectivity index (χ1n) is 13.9. The quantitative estimate of drug-likeness (QED) is 0.279. The van der Waals surface area contributed by atoms with Crippen LogP contribution >= 0.6 is 0 Å². The predicted molar refractivity (Wildman–Crippen MR) is 153 cm³/mol. The van der Waals surface area contributed by atoms with Gasteiger partial charge in [0.1, 0.15) is 17.7 Å². The van der Waals surface area contributed by atoms with Gasteiger partial charge in [-0.15, -0.1) is 0 Å². The van der Waals surface area contributed by atoms with Crippen molar-refractivity contribution in [1.29, 1.82) is 0 Å². The zero-order chi connectivity index (χ0) is 30.2. The molecule has 0 radical (unpaired) electrons. The van der Waals surface area contributed by atoms with Gasteiger partial charge in [0.05, 0.1) is 12.7 Å². The number of nitrogens with zero attached hydrogens (tertiary/aromatic N) is 1. The van der Waals surface area contributed by atoms with E-state index in [0.29, 0.717) is 42.3 Å². The van der Waals surface area contributed by atoms with Gasteiger partial charge in [0.15, 0.2) is 0 Å². The fraction of sp³-hybridized carbons (Fsp3) is 0.548. The number of carbonyl (C=O) groups is 2. The standard InChI is InChI=1S/C24H40N2O5.C7H6F2/c1-6-9-26(10-7-2)24(30)20-13-18(5)12-19(14-20)23(29)25-15-21(27)22(28)16-31-11-8-17(3)4;1-5-2-6(8)4-7(9)3-5/h12-14,17,21-22,27-28H,6-11,15-16H2,1-5H3,(H,25,29);2-4H,1H3. The Bertz CT molecular complexity index is 1010. The van der Waals surface area contributed by atoms with Crippen LogP contribution in [0.5, 0.6) is 0 Å². The Morgan fingerprint density at radius 1 is 0.875 bits per heavy atom. The molecule has 0 aliphatic rings. The number of aliphatic hydroxyl groups is 2. The molecule has 0 bridgehead atoms. The van der Waals surface area contributed by atoms with Crippen LogP contribution in [0.25, 0.3) is 0 Å². The average Bonchev–Trinajstić information content (AvgIpc) is 2.87. The first-order chi connectivity index (χ1) is 18.9. The summed E-state index contributed by atoms with van der Waals surface area (Å²) in [6, 6.07) is 8.48. The number of benzene rings is 2. The molecule has 2 amide bonds. The highest BCUT2D eigenvalue weighted by Crippen LogP contribution is 2.14. The highest BCUT2D eigenvalue weighted by atomic mass is 19.1. The van der Waals surface area contributed by atoms with Crippen LogP contribution in [0.15, 0.2) is 36.4 Å². The molecule has 2 unspecified atom stereocenters. The summed E-state index contributed by atoms with van der Waals surface area (Å²) in [5.74, 6) is -1.03. The monoisotopic (exact) mass is 564 g/mol. The third-order valence-corrected chi connectivity index (χ3v) is 5.91. The van der Waals surface area contributed by atoms with Crippen molar-refractivity contribution in [1.82, 2.24) is 10.2 Å². The molecule has 40 heavy (non-hydrogen) atoms. The Balaban J connectivity index is 0.000000747. The predicted octanol–water partition coefficient (Wildman–Crippen LogP) is 5.04. The van der Waals surface area contributed by atoms with Crippen molar-refractivity contribution in [2.24, 2.45) is 5.92 Å². The summed E-state index contributed by atoms with van der Waals surface area (Å²) in [5.41, 5.74) is 2.24. The SMILES string of the molecule is CCCN(CCC)C(=O)c1cc(C)cc(C(=O)NCC(O)C(O)COCCC(C)C)c1.Cc1cc(F)cc(F)c1. The first-order valence-corrected chi connectivity index (χ1v) is 13.9. The Kier molecular flexibility index (Phi) is 16.2. The average molecular weight is 565 g/mol. The molecule has 2 aromatic rings. The molecule has 2 atom stereocenters. The number of hydrogen-bond donors (Lipinski definition) is 3. The molecule has 2 aromatic carbocycles. The third-order valence-electron chi connectivity index (χ3n) is 5.91. The van der Waals surface area contributed by atoms with Crippen molar-refractivity contribution in [2.45, 2.75) is 73.0 Å². The molecular formula is C31H46F2N2O5. The fourth-order valence-corrected chi connectivity index (χ4v) is 3.84. The molecule has 3 N–H and O–H groups in total. The second-order valence-electron chi connectivity index (χ2n) is 10.4. The highest BCUT2D eigenvalue weighted by Gasteiger charge is 2.20. The molecule has 0 heterocycles. The van der Waals surface area contributed by atoms with Gasteiger partial charge in [-0.05, 0) is 80.5 Å². The highest BCUT2D eigenvalue weighted by molar-refractivity contribution is 6.00. The number of ether oxygens (including phenoxy) is 1. The van der Waals surface area contributed by atoms with Gasteiger partial charge in [-0.2, -0.15) is 0 Å². The van der Waals surface area contributed by atoms with Gasteiger partial charge in [0, 0.05) is 43.4 Å². The van der Waals surface area contributed by atoms with Crippen LogP contribution in [0.3, 0.4) is 0 Å². The number of rotatable bonds is 14. The zero-order valence-electron chi connectivity index (χ0n) is 24.7. The number of aryl methyl sites for hydroxylation is 2. The molecule has 0 saturated heterocycles. The van der Waals surface area contributed by atoms with Crippen molar-refractivity contribution in [3.8, 4) is 0 Å². The maximum Gasteiger partial charge on any atom is 0.253 e. The van der Waals surface area contributed by atoms with Crippen LogP contribution in [-0.2, 0) is 4.74 Å². The minimum absolute atomic E-state index is 0.0115. The summed E-state index contributed by atoms with van der Waals surface area (Å²) in [4.78, 5) is 27.3. The molecule has 2 rings (SSSR count). The molecule has 0 aromatic heterocycles. The largest absolute Gasteiger partial charge is 0.388 e. The summed E-state index contributed by atoms with van der Waals surface area (Å²) in [5, 5.41) is 22.7. The molecule has 0 saturated carbocycles. The van der Waals surface area contributed by atoms with E-state index in [2.05, 4.69) is 19.2 Å². The van der Waals surface area contributed by atoms with Gasteiger partial charge in [-0.1, -0.05) is 27.7 Å². The molecule has 224 valence electrons. The van der Waals surface area contributed by atoms with Gasteiger partial charge in [-0.3, -0.25) is 9.59 Å². The van der Waals surface area contributed by atoms with Crippen LogP contribution in [0.2, 0.25) is 0 Å². The van der Waals surface area contributed by atoms with Crippen LogP contribution in [-0.4, -0.2) is 72.0 Å². The van der Waals surface area contributed by atoms with E-state index in [1.165, 1.54) is 12.1 Å². The van der Waals surface area contributed by atoms with Crippen LogP contribution in [0.4, 0.5) is 8.78 Å². The summed E-state index contributed by atoms with van der Waals surface area (Å²) < 4.78 is 29.8. The molecule has 0 spiro atoms. The first kappa shape index (κ1) is 35.1. The van der Waals surface area contributed by atoms with E-state index < -0.39 is 29.7 Å². The van der Waals surface area contributed by atoms with Crippen molar-refractivity contribution in [3.63, 3.8) is 0 Å². The van der Waals surface area contributed by atoms with E-state index in [0.717, 1.165) is 30.9 Å². The summed E-state index contributed by atoms with van der Waals surface area (Å²) in [6.45, 7) is 13.5. The van der Waals surface area contributed by atoms with Crippen LogP contribution < -0.4 is 5.32 Å². The van der Waals surface area contributed by atoms with Gasteiger partial charge in [0.25, 0.3) is 11.8 Å². The summed E-state index contributed by atoms with van der Waals surface area (Å²) >= 11 is 0. The molecule has 9 heteroatoms. The molecule has 0 aliphatic heterocycles. The van der Waals surface area contributed by atoms with E-state index in [1.807, 2.05) is 20.8 Å². The second-order valence-corrected chi connectivity index (χ2v) is 10.4. The van der Waals surface area contributed by atoms with E-state index >= 15 is 0 Å². The minimum atomic E-state index is -1.14. The van der Waals surface area contributed by atoms with Crippen molar-refractivity contribution in [3.05, 3.63) is 70.3 Å². The lowest BCUT2D eigenvalue weighted by molar-refractivity contribution is -0.0377. The Hall–Kier alpha value is -2.88. The van der Waals surface area contributed by atoms with Gasteiger partial charge < -0.3 is 25.2 Å². The van der Waals surface area contributed by atoms with E-state index in [1.54, 1.807) is 30.0 Å². The summed E-state index contributed by atoms with van der Waals surface area (Å²) in [6.07, 6.45) is 0.387. The lowest BCUT2D eigenvalue weighted by atomic mass is 10.0. The second kappa shape index (κ2) is 18.5. The fourth-order valence-electron chi connectivity index (χ4n) is 3.84. The van der Waals surface area contributed by atoms with Gasteiger partial charge in [0.2, 0.25) is 0 Å². The number of aliphatic hydroxyl groups excluding tert-OH is 2. The Labute approximate surface area is 237 Å². The number of hydrogen-bond acceptors (Lipinski definition) is 5. The lowest BCUT2D eigenvalue weighted by Gasteiger charge is -2.22. The van der Waals surface area contributed by atoms with Crippen LogP contribution in [0, 0.1) is 31.4 Å². The van der Waals surface area contributed by atoms with E-state index in [-0.39, 0.29) is 19.1 Å². The van der Waals surface area contributed by atoms with Crippen LogP contribution in [0.1, 0.15) is 78.8 Å².